The number of methoxy groups -OCH3 is 1. The first kappa shape index (κ1) is 33.6. The van der Waals surface area contributed by atoms with Gasteiger partial charge in [-0.25, -0.2) is 9.59 Å². The molecule has 0 saturated carbocycles. The van der Waals surface area contributed by atoms with E-state index in [1.54, 1.807) is 38.1 Å². The van der Waals surface area contributed by atoms with Crippen molar-refractivity contribution in [1.82, 2.24) is 5.32 Å². The van der Waals surface area contributed by atoms with Crippen LogP contribution in [0.25, 0.3) is 0 Å². The van der Waals surface area contributed by atoms with Gasteiger partial charge in [-0.2, -0.15) is 0 Å². The minimum atomic E-state index is -0.959. The number of nitrogens with one attached hydrogen (secondary N) is 1. The first-order valence-electron chi connectivity index (χ1n) is 12.3. The van der Waals surface area contributed by atoms with E-state index in [2.05, 4.69) is 5.32 Å². The first-order chi connectivity index (χ1) is 18.3. The Morgan fingerprint density at radius 3 is 2.26 bits per heavy atom. The molecule has 1 aliphatic heterocycles. The number of allylic oxidation sites excluding steroid dienone is 1. The summed E-state index contributed by atoms with van der Waals surface area (Å²) in [5.74, 6) is -3.78. The van der Waals surface area contributed by atoms with Gasteiger partial charge in [-0.3, -0.25) is 9.59 Å². The molecular formula is C27H37ClN2O9. The summed E-state index contributed by atoms with van der Waals surface area (Å²) in [6.07, 6.45) is 0.0664. The molecule has 39 heavy (non-hydrogen) atoms. The molecular weight excluding hydrogens is 532 g/mol. The van der Waals surface area contributed by atoms with Gasteiger partial charge in [0.15, 0.2) is 0 Å². The summed E-state index contributed by atoms with van der Waals surface area (Å²) >= 11 is 6.42. The van der Waals surface area contributed by atoms with E-state index in [0.29, 0.717) is 40.7 Å². The van der Waals surface area contributed by atoms with Crippen molar-refractivity contribution in [2.24, 2.45) is 11.1 Å². The zero-order valence-corrected chi connectivity index (χ0v) is 23.6. The molecule has 0 aliphatic carbocycles. The lowest BCUT2D eigenvalue weighted by molar-refractivity contribution is -0.148. The summed E-state index contributed by atoms with van der Waals surface area (Å²) in [4.78, 5) is 46.0. The van der Waals surface area contributed by atoms with Crippen LogP contribution in [0.15, 0.2) is 46.8 Å². The molecule has 11 nitrogen and oxygen atoms in total. The summed E-state index contributed by atoms with van der Waals surface area (Å²) < 4.78 is 15.8. The van der Waals surface area contributed by atoms with Gasteiger partial charge in [0.2, 0.25) is 0 Å². The highest BCUT2D eigenvalue weighted by Gasteiger charge is 2.39. The molecule has 1 aromatic rings. The van der Waals surface area contributed by atoms with Crippen molar-refractivity contribution in [3.63, 3.8) is 0 Å². The summed E-state index contributed by atoms with van der Waals surface area (Å²) in [7, 11) is 1.29. The molecule has 1 atom stereocenters. The van der Waals surface area contributed by atoms with Crippen LogP contribution in [0.2, 0.25) is 5.02 Å². The average Bonchev–Trinajstić information content (AvgIpc) is 2.87. The van der Waals surface area contributed by atoms with Crippen molar-refractivity contribution in [3.8, 4) is 0 Å². The third kappa shape index (κ3) is 9.68. The lowest BCUT2D eigenvalue weighted by Crippen LogP contribution is -2.35. The maximum absolute atomic E-state index is 12.9. The van der Waals surface area contributed by atoms with Crippen LogP contribution >= 0.6 is 11.6 Å². The van der Waals surface area contributed by atoms with Gasteiger partial charge < -0.3 is 35.5 Å². The molecule has 0 fully saturated rings. The summed E-state index contributed by atoms with van der Waals surface area (Å²) in [5.41, 5.74) is 6.77. The van der Waals surface area contributed by atoms with Crippen molar-refractivity contribution >= 4 is 35.5 Å². The Morgan fingerprint density at radius 1 is 1.10 bits per heavy atom. The number of hydrogen-bond donors (Lipinski definition) is 4. The van der Waals surface area contributed by atoms with E-state index in [4.69, 9.17) is 41.8 Å². The van der Waals surface area contributed by atoms with Crippen molar-refractivity contribution in [2.75, 3.05) is 33.5 Å². The Balaban J connectivity index is 0.000000584. The van der Waals surface area contributed by atoms with Crippen LogP contribution in [-0.4, -0.2) is 67.6 Å². The van der Waals surface area contributed by atoms with Crippen LogP contribution in [-0.2, 0) is 33.4 Å². The highest BCUT2D eigenvalue weighted by atomic mass is 35.5. The fraction of sp³-hybridized carbons (Fsp3) is 0.481. The number of carboxylic acid groups (broad SMARTS) is 2. The van der Waals surface area contributed by atoms with Crippen LogP contribution < -0.4 is 11.1 Å². The molecule has 0 saturated heterocycles. The van der Waals surface area contributed by atoms with E-state index >= 15 is 0 Å². The van der Waals surface area contributed by atoms with Crippen LogP contribution in [0.3, 0.4) is 0 Å². The van der Waals surface area contributed by atoms with E-state index in [9.17, 15) is 19.2 Å². The lowest BCUT2D eigenvalue weighted by Gasteiger charge is -2.31. The Labute approximate surface area is 232 Å². The van der Waals surface area contributed by atoms with E-state index < -0.39 is 35.2 Å². The lowest BCUT2D eigenvalue weighted by atomic mass is 9.80. The Morgan fingerprint density at radius 2 is 1.74 bits per heavy atom. The number of carbonyl (C=O) groups is 4. The van der Waals surface area contributed by atoms with Crippen molar-refractivity contribution in [3.05, 3.63) is 57.4 Å². The van der Waals surface area contributed by atoms with Gasteiger partial charge in [-0.1, -0.05) is 29.8 Å². The van der Waals surface area contributed by atoms with Crippen LogP contribution in [0.1, 0.15) is 52.0 Å². The van der Waals surface area contributed by atoms with Crippen molar-refractivity contribution in [1.29, 1.82) is 0 Å². The number of nitrogens with two attached hydrogens (primary N) is 1. The highest BCUT2D eigenvalue weighted by molar-refractivity contribution is 6.31. The van der Waals surface area contributed by atoms with Crippen molar-refractivity contribution < 1.29 is 43.6 Å². The second-order valence-corrected chi connectivity index (χ2v) is 9.55. The molecule has 2 rings (SSSR count). The Bertz CT molecular complexity index is 1110. The highest BCUT2D eigenvalue weighted by Crippen LogP contribution is 2.41. The molecule has 5 N–H and O–H groups in total. The molecule has 1 aliphatic rings. The van der Waals surface area contributed by atoms with Gasteiger partial charge in [0, 0.05) is 23.7 Å². The number of rotatable bonds is 12. The Kier molecular flexibility index (Phi) is 13.7. The van der Waals surface area contributed by atoms with E-state index in [0.717, 1.165) is 0 Å². The summed E-state index contributed by atoms with van der Waals surface area (Å²) in [6.45, 7) is 7.44. The number of carbonyl (C=O) groups excluding carboxylic acids is 2. The van der Waals surface area contributed by atoms with E-state index in [1.807, 2.05) is 0 Å². The van der Waals surface area contributed by atoms with Gasteiger partial charge in [0.1, 0.15) is 0 Å². The molecule has 1 heterocycles. The zero-order valence-electron chi connectivity index (χ0n) is 22.8. The first-order valence-corrected chi connectivity index (χ1v) is 12.6. The molecule has 0 amide bonds. The largest absolute Gasteiger partial charge is 0.481 e. The van der Waals surface area contributed by atoms with Gasteiger partial charge in [0.05, 0.1) is 55.1 Å². The van der Waals surface area contributed by atoms with Gasteiger partial charge >= 0.3 is 23.9 Å². The van der Waals surface area contributed by atoms with Crippen LogP contribution in [0, 0.1) is 5.41 Å². The number of dihydropyridines is 1. The summed E-state index contributed by atoms with van der Waals surface area (Å²) in [5, 5.41) is 20.3. The van der Waals surface area contributed by atoms with E-state index in [1.165, 1.54) is 21.0 Å². The maximum Gasteiger partial charge on any atom is 0.336 e. The number of aliphatic carboxylic acids is 2. The number of halogens is 1. The third-order valence-electron chi connectivity index (χ3n) is 5.81. The van der Waals surface area contributed by atoms with Gasteiger partial charge in [-0.15, -0.1) is 0 Å². The quantitative estimate of drug-likeness (QED) is 0.215. The predicted octanol–water partition coefficient (Wildman–Crippen LogP) is 3.23. The normalized spacial score (nSPS) is 15.1. The fourth-order valence-corrected chi connectivity index (χ4v) is 3.89. The molecule has 0 spiro atoms. The minimum Gasteiger partial charge on any atom is -0.481 e. The smallest absolute Gasteiger partial charge is 0.336 e. The average molecular weight is 569 g/mol. The Hall–Kier alpha value is -3.41. The SMILES string of the molecule is CC(C)(CCC(=O)O)C(=O)O.CCOC(=O)C1=C(COCCN)NC(C)=C(C(=O)OC)[C@@H]1c1ccccc1Cl. The summed E-state index contributed by atoms with van der Waals surface area (Å²) in [6, 6.07) is 7.05. The van der Waals surface area contributed by atoms with Gasteiger partial charge in [0.25, 0.3) is 0 Å². The van der Waals surface area contributed by atoms with Crippen LogP contribution in [0.5, 0.6) is 0 Å². The van der Waals surface area contributed by atoms with Crippen LogP contribution in [0.4, 0.5) is 0 Å². The number of hydrogen-bond acceptors (Lipinski definition) is 9. The zero-order chi connectivity index (χ0) is 29.8. The molecule has 0 aromatic heterocycles. The second-order valence-electron chi connectivity index (χ2n) is 9.15. The minimum absolute atomic E-state index is 0.0979. The van der Waals surface area contributed by atoms with E-state index in [-0.39, 0.29) is 31.6 Å². The standard InChI is InChI=1S/C20H25ClN2O5.C7H12O4/c1-4-28-20(25)18-15(11-27-10-9-22)23-12(2)16(19(24)26-3)17(18)13-7-5-6-8-14(13)21;1-7(2,6(10)11)4-3-5(8)9/h5-8,17,23H,4,9-11,22H2,1-3H3;3-4H2,1-2H3,(H,8,9)(H,10,11)/t17-;/m0./s1. The fourth-order valence-electron chi connectivity index (χ4n) is 3.64. The molecule has 12 heteroatoms. The molecule has 1 aromatic carbocycles. The number of carboxylic acids is 2. The molecule has 0 unspecified atom stereocenters. The number of benzene rings is 1. The third-order valence-corrected chi connectivity index (χ3v) is 6.16. The predicted molar refractivity (Wildman–Crippen MR) is 144 cm³/mol. The number of ether oxygens (including phenoxy) is 3. The molecule has 216 valence electrons. The number of esters is 2. The second kappa shape index (κ2) is 15.9. The van der Waals surface area contributed by atoms with Crippen molar-refractivity contribution in [2.45, 2.75) is 46.5 Å². The molecule has 0 bridgehead atoms. The topological polar surface area (TPSA) is 174 Å². The van der Waals surface area contributed by atoms with Gasteiger partial charge in [-0.05, 0) is 45.7 Å². The monoisotopic (exact) mass is 568 g/mol. The maximum atomic E-state index is 12.9. The molecule has 0 radical (unpaired) electrons.